The first kappa shape index (κ1) is 14.4. The molecule has 22 heavy (non-hydrogen) atoms. The Labute approximate surface area is 135 Å². The molecule has 0 amide bonds. The number of carbonyl (C=O) groups excluding carboxylic acids is 1. The molecule has 0 atom stereocenters. The van der Waals surface area contributed by atoms with Gasteiger partial charge >= 0.3 is 5.97 Å². The molecule has 2 aromatic carbocycles. The molecule has 1 N–H and O–H groups in total. The van der Waals surface area contributed by atoms with Crippen LogP contribution in [0.1, 0.15) is 10.4 Å². The number of rotatable bonds is 3. The second kappa shape index (κ2) is 6.04. The quantitative estimate of drug-likeness (QED) is 0.575. The summed E-state index contributed by atoms with van der Waals surface area (Å²) in [5.41, 5.74) is 2.95. The average Bonchev–Trinajstić information content (AvgIpc) is 2.95. The number of halogens is 1. The number of H-pyrrole nitrogens is 1. The minimum absolute atomic E-state index is 0.0386. The molecular weight excluding hydrogens is 344 g/mol. The van der Waals surface area contributed by atoms with Gasteiger partial charge in [0.15, 0.2) is 6.61 Å². The highest BCUT2D eigenvalue weighted by atomic mass is 79.9. The Morgan fingerprint density at radius 1 is 1.32 bits per heavy atom. The fourth-order valence-electron chi connectivity index (χ4n) is 2.10. The van der Waals surface area contributed by atoms with Gasteiger partial charge in [-0.25, -0.2) is 9.78 Å². The predicted molar refractivity (Wildman–Crippen MR) is 88.3 cm³/mol. The molecule has 0 aliphatic heterocycles. The van der Waals surface area contributed by atoms with E-state index in [0.29, 0.717) is 5.56 Å². The molecule has 5 heteroatoms. The molecule has 0 spiro atoms. The molecule has 3 rings (SSSR count). The lowest BCUT2D eigenvalue weighted by Gasteiger charge is -2.00. The van der Waals surface area contributed by atoms with E-state index in [0.717, 1.165) is 26.9 Å². The van der Waals surface area contributed by atoms with Crippen LogP contribution >= 0.6 is 15.9 Å². The van der Waals surface area contributed by atoms with Gasteiger partial charge in [-0.3, -0.25) is 0 Å². The molecule has 1 aromatic heterocycles. The summed E-state index contributed by atoms with van der Waals surface area (Å²) < 4.78 is 5.89. The Balaban J connectivity index is 1.97. The zero-order valence-corrected chi connectivity index (χ0v) is 13.1. The largest absolute Gasteiger partial charge is 0.449 e. The number of nitrogens with one attached hydrogen (secondary N) is 1. The summed E-state index contributed by atoms with van der Waals surface area (Å²) >= 11 is 3.44. The first-order valence-corrected chi connectivity index (χ1v) is 7.33. The lowest BCUT2D eigenvalue weighted by Crippen LogP contribution is -2.04. The van der Waals surface area contributed by atoms with Crippen molar-refractivity contribution in [3.8, 4) is 23.7 Å². The van der Waals surface area contributed by atoms with Crippen LogP contribution < -0.4 is 0 Å². The zero-order valence-electron chi connectivity index (χ0n) is 11.5. The van der Waals surface area contributed by atoms with E-state index >= 15 is 0 Å². The molecule has 0 aliphatic carbocycles. The second-order valence-corrected chi connectivity index (χ2v) is 5.52. The number of hydrogen-bond acceptors (Lipinski definition) is 3. The maximum absolute atomic E-state index is 11.8. The van der Waals surface area contributed by atoms with Gasteiger partial charge in [0.2, 0.25) is 0 Å². The summed E-state index contributed by atoms with van der Waals surface area (Å²) in [7, 11) is 0. The minimum atomic E-state index is -0.446. The molecule has 0 unspecified atom stereocenters. The van der Waals surface area contributed by atoms with Gasteiger partial charge < -0.3 is 9.72 Å². The van der Waals surface area contributed by atoms with Crippen LogP contribution in [0.4, 0.5) is 0 Å². The summed E-state index contributed by atoms with van der Waals surface area (Å²) in [5.74, 6) is 2.56. The highest BCUT2D eigenvalue weighted by Gasteiger charge is 2.10. The molecule has 0 aliphatic rings. The maximum Gasteiger partial charge on any atom is 0.339 e. The van der Waals surface area contributed by atoms with Crippen molar-refractivity contribution in [2.75, 3.05) is 6.61 Å². The van der Waals surface area contributed by atoms with E-state index in [9.17, 15) is 4.79 Å². The Kier molecular flexibility index (Phi) is 3.94. The van der Waals surface area contributed by atoms with Crippen molar-refractivity contribution in [3.05, 3.63) is 52.5 Å². The number of esters is 1. The summed E-state index contributed by atoms with van der Waals surface area (Å²) in [6.07, 6.45) is 5.08. The third-order valence-electron chi connectivity index (χ3n) is 3.10. The zero-order chi connectivity index (χ0) is 15.5. The molecule has 0 saturated heterocycles. The van der Waals surface area contributed by atoms with Gasteiger partial charge in [-0.15, -0.1) is 6.42 Å². The molecule has 0 bridgehead atoms. The molecule has 108 valence electrons. The van der Waals surface area contributed by atoms with E-state index in [1.165, 1.54) is 0 Å². The van der Waals surface area contributed by atoms with Crippen LogP contribution in [-0.4, -0.2) is 22.5 Å². The molecule has 0 saturated carbocycles. The SMILES string of the molecule is C#CCOC(=O)c1ccc2nc(-c3cccc(Br)c3)[nH]c2c1. The molecule has 0 radical (unpaired) electrons. The van der Waals surface area contributed by atoms with Crippen molar-refractivity contribution in [3.63, 3.8) is 0 Å². The van der Waals surface area contributed by atoms with Gasteiger partial charge in [-0.05, 0) is 30.3 Å². The lowest BCUT2D eigenvalue weighted by atomic mass is 10.2. The Hall–Kier alpha value is -2.58. The number of aromatic nitrogens is 2. The van der Waals surface area contributed by atoms with E-state index in [1.54, 1.807) is 18.2 Å². The van der Waals surface area contributed by atoms with E-state index in [2.05, 4.69) is 31.8 Å². The minimum Gasteiger partial charge on any atom is -0.449 e. The van der Waals surface area contributed by atoms with E-state index in [4.69, 9.17) is 11.2 Å². The third kappa shape index (κ3) is 2.87. The van der Waals surface area contributed by atoms with Crippen molar-refractivity contribution in [1.82, 2.24) is 9.97 Å². The fraction of sp³-hybridized carbons (Fsp3) is 0.0588. The number of ether oxygens (including phenoxy) is 1. The van der Waals surface area contributed by atoms with Gasteiger partial charge in [-0.2, -0.15) is 0 Å². The Bertz CT molecular complexity index is 893. The number of hydrogen-bond donors (Lipinski definition) is 1. The second-order valence-electron chi connectivity index (χ2n) is 4.61. The van der Waals surface area contributed by atoms with E-state index in [-0.39, 0.29) is 6.61 Å². The van der Waals surface area contributed by atoms with Gasteiger partial charge in [0.25, 0.3) is 0 Å². The van der Waals surface area contributed by atoms with Crippen molar-refractivity contribution in [1.29, 1.82) is 0 Å². The Morgan fingerprint density at radius 3 is 2.95 bits per heavy atom. The number of fused-ring (bicyclic) bond motifs is 1. The average molecular weight is 355 g/mol. The van der Waals surface area contributed by atoms with Gasteiger partial charge in [-0.1, -0.05) is 34.0 Å². The van der Waals surface area contributed by atoms with Gasteiger partial charge in [0.1, 0.15) is 5.82 Å². The number of carbonyl (C=O) groups is 1. The summed E-state index contributed by atoms with van der Waals surface area (Å²) in [6.45, 7) is -0.0386. The topological polar surface area (TPSA) is 55.0 Å². The highest BCUT2D eigenvalue weighted by Crippen LogP contribution is 2.24. The van der Waals surface area contributed by atoms with E-state index in [1.807, 2.05) is 24.3 Å². The number of aromatic amines is 1. The standard InChI is InChI=1S/C17H11BrN2O2/c1-2-8-22-17(21)12-6-7-14-15(10-12)20-16(19-14)11-4-3-5-13(18)9-11/h1,3-7,9-10H,8H2,(H,19,20). The number of nitrogens with zero attached hydrogens (tertiary/aromatic N) is 1. The normalized spacial score (nSPS) is 10.4. The van der Waals surface area contributed by atoms with Gasteiger partial charge in [0.05, 0.1) is 16.6 Å². The van der Waals surface area contributed by atoms with Crippen LogP contribution in [-0.2, 0) is 4.74 Å². The van der Waals surface area contributed by atoms with Crippen LogP contribution in [0.15, 0.2) is 46.9 Å². The summed E-state index contributed by atoms with van der Waals surface area (Å²) in [4.78, 5) is 19.5. The molecular formula is C17H11BrN2O2. The van der Waals surface area contributed by atoms with Crippen molar-refractivity contribution < 1.29 is 9.53 Å². The van der Waals surface area contributed by atoms with Crippen LogP contribution in [0.5, 0.6) is 0 Å². The highest BCUT2D eigenvalue weighted by molar-refractivity contribution is 9.10. The lowest BCUT2D eigenvalue weighted by molar-refractivity contribution is 0.0557. The number of imidazole rings is 1. The monoisotopic (exact) mass is 354 g/mol. The maximum atomic E-state index is 11.8. The van der Waals surface area contributed by atoms with Crippen LogP contribution in [0, 0.1) is 12.3 Å². The fourth-order valence-corrected chi connectivity index (χ4v) is 2.50. The van der Waals surface area contributed by atoms with Crippen molar-refractivity contribution in [2.45, 2.75) is 0 Å². The predicted octanol–water partition coefficient (Wildman–Crippen LogP) is 3.78. The number of terminal acetylenes is 1. The number of benzene rings is 2. The Morgan fingerprint density at radius 2 is 2.18 bits per heavy atom. The van der Waals surface area contributed by atoms with Crippen LogP contribution in [0.25, 0.3) is 22.4 Å². The van der Waals surface area contributed by atoms with E-state index < -0.39 is 5.97 Å². The first-order chi connectivity index (χ1) is 10.7. The summed E-state index contributed by atoms with van der Waals surface area (Å²) in [6, 6.07) is 13.0. The smallest absolute Gasteiger partial charge is 0.339 e. The molecule has 4 nitrogen and oxygen atoms in total. The summed E-state index contributed by atoms with van der Waals surface area (Å²) in [5, 5.41) is 0. The van der Waals surface area contributed by atoms with Crippen molar-refractivity contribution in [2.24, 2.45) is 0 Å². The molecule has 1 heterocycles. The van der Waals surface area contributed by atoms with Crippen LogP contribution in [0.3, 0.4) is 0 Å². The molecule has 3 aromatic rings. The first-order valence-electron chi connectivity index (χ1n) is 6.53. The van der Waals surface area contributed by atoms with Crippen LogP contribution in [0.2, 0.25) is 0 Å². The van der Waals surface area contributed by atoms with Gasteiger partial charge in [0, 0.05) is 10.0 Å². The van der Waals surface area contributed by atoms with Crippen molar-refractivity contribution >= 4 is 32.9 Å². The third-order valence-corrected chi connectivity index (χ3v) is 3.60. The molecule has 0 fully saturated rings.